The predicted molar refractivity (Wildman–Crippen MR) is 93.0 cm³/mol. The first-order valence-corrected chi connectivity index (χ1v) is 9.74. The lowest BCUT2D eigenvalue weighted by molar-refractivity contribution is -0.121. The van der Waals surface area contributed by atoms with Gasteiger partial charge in [-0.2, -0.15) is 0 Å². The Bertz CT molecular complexity index is 290. The zero-order valence-corrected chi connectivity index (χ0v) is 14.9. The Hall–Kier alpha value is -0.660. The minimum absolute atomic E-state index is 0.446. The van der Waals surface area contributed by atoms with Gasteiger partial charge in [0.15, 0.2) is 0 Å². The summed E-state index contributed by atoms with van der Waals surface area (Å²) in [6.45, 7) is 4.41. The Morgan fingerprint density at radius 3 is 1.41 bits per heavy atom. The van der Waals surface area contributed by atoms with E-state index in [1.54, 1.807) is 0 Å². The molecule has 0 spiro atoms. The second-order valence-electron chi connectivity index (χ2n) is 7.10. The Kier molecular flexibility index (Phi) is 10.4. The van der Waals surface area contributed by atoms with Gasteiger partial charge in [0.05, 0.1) is 0 Å². The maximum Gasteiger partial charge on any atom is 0.135 e. The van der Waals surface area contributed by atoms with Crippen molar-refractivity contribution in [1.82, 2.24) is 0 Å². The molecule has 0 aromatic carbocycles. The third-order valence-corrected chi connectivity index (χ3v) is 5.17. The monoisotopic (exact) mass is 308 g/mol. The molecule has 2 rings (SSSR count). The minimum Gasteiger partial charge on any atom is -0.299 e. The van der Waals surface area contributed by atoms with Gasteiger partial charge in [-0.1, -0.05) is 52.4 Å². The largest absolute Gasteiger partial charge is 0.299 e. The van der Waals surface area contributed by atoms with Gasteiger partial charge in [-0.3, -0.25) is 9.59 Å². The molecule has 2 unspecified atom stereocenters. The van der Waals surface area contributed by atoms with E-state index in [9.17, 15) is 9.59 Å². The number of ketones is 2. The maximum absolute atomic E-state index is 11.2. The van der Waals surface area contributed by atoms with Crippen molar-refractivity contribution in [2.75, 3.05) is 0 Å². The van der Waals surface area contributed by atoms with E-state index in [-0.39, 0.29) is 0 Å². The third-order valence-electron chi connectivity index (χ3n) is 5.17. The van der Waals surface area contributed by atoms with Crippen molar-refractivity contribution in [3.63, 3.8) is 0 Å². The number of hydrogen-bond donors (Lipinski definition) is 0. The van der Waals surface area contributed by atoms with Crippen molar-refractivity contribution in [3.05, 3.63) is 0 Å². The quantitative estimate of drug-likeness (QED) is 0.525. The van der Waals surface area contributed by atoms with E-state index in [4.69, 9.17) is 0 Å². The zero-order chi connectivity index (χ0) is 16.2. The van der Waals surface area contributed by atoms with E-state index in [0.717, 1.165) is 38.5 Å². The number of unbranched alkanes of at least 4 members (excludes halogenated alkanes) is 4. The summed E-state index contributed by atoms with van der Waals surface area (Å²) in [7, 11) is 0. The first-order valence-electron chi connectivity index (χ1n) is 9.74. The SMILES string of the molecule is CCCCCC1CCCC1=O.CCCCCC1CCCC1=O. The smallest absolute Gasteiger partial charge is 0.135 e. The molecule has 2 aliphatic rings. The lowest BCUT2D eigenvalue weighted by atomic mass is 9.99. The van der Waals surface area contributed by atoms with Crippen LogP contribution in [0.25, 0.3) is 0 Å². The van der Waals surface area contributed by atoms with Gasteiger partial charge in [-0.15, -0.1) is 0 Å². The van der Waals surface area contributed by atoms with Crippen LogP contribution in [0.15, 0.2) is 0 Å². The number of Topliss-reactive ketones (excluding diaryl/α,β-unsaturated/α-hetero) is 2. The second kappa shape index (κ2) is 11.8. The van der Waals surface area contributed by atoms with Crippen LogP contribution in [0.3, 0.4) is 0 Å². The van der Waals surface area contributed by atoms with Crippen LogP contribution in [0.1, 0.15) is 104 Å². The molecule has 0 N–H and O–H groups in total. The summed E-state index contributed by atoms with van der Waals surface area (Å²) in [5, 5.41) is 0. The summed E-state index contributed by atoms with van der Waals surface area (Å²) in [4.78, 5) is 22.3. The molecule has 0 heterocycles. The van der Waals surface area contributed by atoms with Crippen LogP contribution < -0.4 is 0 Å². The van der Waals surface area contributed by atoms with Crippen molar-refractivity contribution in [1.29, 1.82) is 0 Å². The topological polar surface area (TPSA) is 34.1 Å². The van der Waals surface area contributed by atoms with Gasteiger partial charge >= 0.3 is 0 Å². The minimum atomic E-state index is 0.446. The molecular formula is C20H36O2. The fraction of sp³-hybridized carbons (Fsp3) is 0.900. The van der Waals surface area contributed by atoms with E-state index in [1.807, 2.05) is 0 Å². The lowest BCUT2D eigenvalue weighted by Crippen LogP contribution is -2.05. The molecule has 2 nitrogen and oxygen atoms in total. The Labute approximate surface area is 137 Å². The van der Waals surface area contributed by atoms with Crippen molar-refractivity contribution in [3.8, 4) is 0 Å². The van der Waals surface area contributed by atoms with Crippen molar-refractivity contribution >= 4 is 11.6 Å². The van der Waals surface area contributed by atoms with Crippen LogP contribution in [0.2, 0.25) is 0 Å². The number of carbonyl (C=O) groups is 2. The average Bonchev–Trinajstić information content (AvgIpc) is 3.10. The van der Waals surface area contributed by atoms with Crippen molar-refractivity contribution in [2.24, 2.45) is 11.8 Å². The summed E-state index contributed by atoms with van der Waals surface area (Å²) in [6, 6.07) is 0. The third kappa shape index (κ3) is 7.56. The highest BCUT2D eigenvalue weighted by atomic mass is 16.1. The summed E-state index contributed by atoms with van der Waals surface area (Å²) in [5.41, 5.74) is 0. The van der Waals surface area contributed by atoms with Crippen LogP contribution in [0, 0.1) is 11.8 Å². The van der Waals surface area contributed by atoms with Crippen molar-refractivity contribution < 1.29 is 9.59 Å². The first-order chi connectivity index (χ1) is 10.7. The highest BCUT2D eigenvalue weighted by molar-refractivity contribution is 5.83. The number of carbonyl (C=O) groups excluding carboxylic acids is 2. The normalized spacial score (nSPS) is 24.5. The molecule has 0 radical (unpaired) electrons. The molecule has 2 atom stereocenters. The zero-order valence-electron chi connectivity index (χ0n) is 14.9. The van der Waals surface area contributed by atoms with Gasteiger partial charge in [0, 0.05) is 24.7 Å². The fourth-order valence-corrected chi connectivity index (χ4v) is 3.67. The summed E-state index contributed by atoms with van der Waals surface area (Å²) >= 11 is 0. The molecule has 0 amide bonds. The molecular weight excluding hydrogens is 272 g/mol. The van der Waals surface area contributed by atoms with Gasteiger partial charge in [0.25, 0.3) is 0 Å². The summed E-state index contributed by atoms with van der Waals surface area (Å²) in [5.74, 6) is 1.95. The highest BCUT2D eigenvalue weighted by Crippen LogP contribution is 2.26. The molecule has 0 aromatic heterocycles. The van der Waals surface area contributed by atoms with E-state index in [2.05, 4.69) is 13.8 Å². The number of rotatable bonds is 8. The fourth-order valence-electron chi connectivity index (χ4n) is 3.67. The van der Waals surface area contributed by atoms with Gasteiger partial charge < -0.3 is 0 Å². The van der Waals surface area contributed by atoms with Crippen LogP contribution in [0.5, 0.6) is 0 Å². The van der Waals surface area contributed by atoms with Gasteiger partial charge in [-0.25, -0.2) is 0 Å². The molecule has 0 bridgehead atoms. The lowest BCUT2D eigenvalue weighted by Gasteiger charge is -2.05. The maximum atomic E-state index is 11.2. The Morgan fingerprint density at radius 1 is 0.727 bits per heavy atom. The average molecular weight is 309 g/mol. The highest BCUT2D eigenvalue weighted by Gasteiger charge is 2.23. The molecule has 0 aliphatic heterocycles. The van der Waals surface area contributed by atoms with E-state index < -0.39 is 0 Å². The van der Waals surface area contributed by atoms with Gasteiger partial charge in [-0.05, 0) is 38.5 Å². The predicted octanol–water partition coefficient (Wildman–Crippen LogP) is 5.87. The van der Waals surface area contributed by atoms with Crippen LogP contribution in [0.4, 0.5) is 0 Å². The summed E-state index contributed by atoms with van der Waals surface area (Å²) in [6.07, 6.45) is 16.3. The second-order valence-corrected chi connectivity index (χ2v) is 7.10. The molecule has 0 aromatic rings. The Morgan fingerprint density at radius 2 is 1.14 bits per heavy atom. The molecule has 2 fully saturated rings. The molecule has 2 saturated carbocycles. The van der Waals surface area contributed by atoms with Crippen LogP contribution >= 0.6 is 0 Å². The van der Waals surface area contributed by atoms with Crippen molar-refractivity contribution in [2.45, 2.75) is 104 Å². The molecule has 2 aliphatic carbocycles. The standard InChI is InChI=1S/2C10H18O/c2*1-2-3-4-6-9-7-5-8-10(9)11/h2*9H,2-8H2,1H3. The molecule has 2 heteroatoms. The summed E-state index contributed by atoms with van der Waals surface area (Å²) < 4.78 is 0. The van der Waals surface area contributed by atoms with Gasteiger partial charge in [0.1, 0.15) is 11.6 Å². The first kappa shape index (κ1) is 19.4. The van der Waals surface area contributed by atoms with Gasteiger partial charge in [0.2, 0.25) is 0 Å². The Balaban J connectivity index is 0.000000220. The van der Waals surface area contributed by atoms with Crippen LogP contribution in [-0.4, -0.2) is 11.6 Å². The molecule has 0 saturated heterocycles. The van der Waals surface area contributed by atoms with E-state index >= 15 is 0 Å². The molecule has 22 heavy (non-hydrogen) atoms. The van der Waals surface area contributed by atoms with E-state index in [0.29, 0.717) is 23.4 Å². The van der Waals surface area contributed by atoms with E-state index in [1.165, 1.54) is 51.4 Å². The molecule has 128 valence electrons. The van der Waals surface area contributed by atoms with Crippen LogP contribution in [-0.2, 0) is 9.59 Å². The number of hydrogen-bond acceptors (Lipinski definition) is 2.